The van der Waals surface area contributed by atoms with Crippen LogP contribution in [0.25, 0.3) is 0 Å². The molecule has 23 heavy (non-hydrogen) atoms. The summed E-state index contributed by atoms with van der Waals surface area (Å²) >= 11 is 0. The van der Waals surface area contributed by atoms with Gasteiger partial charge in [0.15, 0.2) is 0 Å². The van der Waals surface area contributed by atoms with Crippen molar-refractivity contribution in [3.05, 3.63) is 0 Å². The third-order valence-corrected chi connectivity index (χ3v) is 6.26. The van der Waals surface area contributed by atoms with Gasteiger partial charge in [-0.3, -0.25) is 9.35 Å². The maximum Gasteiger partial charge on any atom is 0.465 e. The third-order valence-electron chi connectivity index (χ3n) is 5.45. The highest BCUT2D eigenvalue weighted by molar-refractivity contribution is 7.87. The lowest BCUT2D eigenvalue weighted by Crippen LogP contribution is -2.58. The van der Waals surface area contributed by atoms with E-state index in [9.17, 15) is 31.9 Å². The summed E-state index contributed by atoms with van der Waals surface area (Å²) in [6.07, 6.45) is 1.20. The smallest absolute Gasteiger partial charge is 0.465 e. The van der Waals surface area contributed by atoms with E-state index < -0.39 is 38.8 Å². The maximum absolute atomic E-state index is 13.3. The van der Waals surface area contributed by atoms with Gasteiger partial charge in [-0.05, 0) is 49.9 Å². The van der Waals surface area contributed by atoms with Crippen LogP contribution in [0.2, 0.25) is 0 Å². The van der Waals surface area contributed by atoms with Crippen LogP contribution in [0.3, 0.4) is 0 Å². The number of hydrogen-bond acceptors (Lipinski definition) is 5. The Kier molecular flexibility index (Phi) is 3.50. The zero-order valence-electron chi connectivity index (χ0n) is 11.9. The highest BCUT2D eigenvalue weighted by Gasteiger charge is 2.62. The number of rotatable bonds is 4. The van der Waals surface area contributed by atoms with E-state index in [0.717, 1.165) is 0 Å². The molecule has 4 fully saturated rings. The molecule has 0 aromatic carbocycles. The largest absolute Gasteiger partial charge is 0.481 e. The number of halogens is 2. The monoisotopic (exact) mass is 354 g/mol. The fourth-order valence-corrected chi connectivity index (χ4v) is 4.99. The van der Waals surface area contributed by atoms with Gasteiger partial charge in [0.1, 0.15) is 6.10 Å². The van der Waals surface area contributed by atoms with E-state index >= 15 is 0 Å². The predicted molar refractivity (Wildman–Crippen MR) is 70.0 cm³/mol. The quantitative estimate of drug-likeness (QED) is 0.577. The van der Waals surface area contributed by atoms with Crippen molar-refractivity contribution >= 4 is 22.1 Å². The summed E-state index contributed by atoms with van der Waals surface area (Å²) in [5.41, 5.74) is -0.898. The normalized spacial score (nSPS) is 39.3. The van der Waals surface area contributed by atoms with Crippen molar-refractivity contribution in [3.8, 4) is 0 Å². The van der Waals surface area contributed by atoms with Crippen LogP contribution in [0.15, 0.2) is 0 Å². The summed E-state index contributed by atoms with van der Waals surface area (Å²) in [5.74, 6) is -3.83. The van der Waals surface area contributed by atoms with Gasteiger partial charge in [0, 0.05) is 0 Å². The van der Waals surface area contributed by atoms with Crippen molar-refractivity contribution in [1.29, 1.82) is 0 Å². The minimum atomic E-state index is -5.91. The van der Waals surface area contributed by atoms with Crippen LogP contribution in [0.4, 0.5) is 8.78 Å². The van der Waals surface area contributed by atoms with E-state index in [1.807, 2.05) is 0 Å². The summed E-state index contributed by atoms with van der Waals surface area (Å²) in [6, 6.07) is 0. The molecule has 4 aliphatic carbocycles. The first kappa shape index (κ1) is 16.6. The molecule has 4 saturated carbocycles. The minimum absolute atomic E-state index is 0.153. The van der Waals surface area contributed by atoms with Gasteiger partial charge in [0.25, 0.3) is 0 Å². The molecule has 0 radical (unpaired) electrons. The SMILES string of the molecule is O=C(O)C12CC3CC(C1)C(OC(=O)C(F)(F)S(=O)(=O)O)C(C3)C2. The molecule has 0 saturated heterocycles. The molecular weight excluding hydrogens is 338 g/mol. The van der Waals surface area contributed by atoms with Crippen LogP contribution in [0.5, 0.6) is 0 Å². The van der Waals surface area contributed by atoms with Crippen molar-refractivity contribution in [1.82, 2.24) is 0 Å². The van der Waals surface area contributed by atoms with E-state index in [1.54, 1.807) is 0 Å². The van der Waals surface area contributed by atoms with Crippen molar-refractivity contribution in [3.63, 3.8) is 0 Å². The van der Waals surface area contributed by atoms with Crippen LogP contribution < -0.4 is 0 Å². The first-order chi connectivity index (χ1) is 10.5. The Hall–Kier alpha value is -1.29. The van der Waals surface area contributed by atoms with E-state index in [-0.39, 0.29) is 30.6 Å². The van der Waals surface area contributed by atoms with Gasteiger partial charge in [-0.25, -0.2) is 4.79 Å². The van der Waals surface area contributed by atoms with E-state index in [2.05, 4.69) is 0 Å². The number of carbonyl (C=O) groups is 2. The summed E-state index contributed by atoms with van der Waals surface area (Å²) in [4.78, 5) is 23.0. The number of esters is 1. The first-order valence-corrected chi connectivity index (χ1v) is 8.69. The molecule has 0 heterocycles. The van der Waals surface area contributed by atoms with E-state index in [1.165, 1.54) is 0 Å². The summed E-state index contributed by atoms with van der Waals surface area (Å²) in [5, 5.41) is 4.42. The van der Waals surface area contributed by atoms with Crippen LogP contribution in [0, 0.1) is 23.2 Å². The van der Waals surface area contributed by atoms with Crippen molar-refractivity contribution in [2.45, 2.75) is 43.5 Å². The molecule has 0 aliphatic heterocycles. The van der Waals surface area contributed by atoms with Crippen LogP contribution in [-0.4, -0.2) is 41.4 Å². The molecule has 0 spiro atoms. The predicted octanol–water partition coefficient (Wildman–Crippen LogP) is 1.29. The van der Waals surface area contributed by atoms with Gasteiger partial charge < -0.3 is 9.84 Å². The first-order valence-electron chi connectivity index (χ1n) is 7.25. The van der Waals surface area contributed by atoms with Crippen molar-refractivity contribution < 1.29 is 41.2 Å². The second-order valence-electron chi connectivity index (χ2n) is 6.92. The Bertz CT molecular complexity index is 643. The maximum atomic E-state index is 13.3. The Labute approximate surface area is 130 Å². The lowest BCUT2D eigenvalue weighted by Gasteiger charge is -2.57. The van der Waals surface area contributed by atoms with Gasteiger partial charge in [0.05, 0.1) is 5.41 Å². The van der Waals surface area contributed by atoms with Crippen molar-refractivity contribution in [2.75, 3.05) is 0 Å². The van der Waals surface area contributed by atoms with Crippen LogP contribution >= 0.6 is 0 Å². The Morgan fingerprint density at radius 3 is 2.09 bits per heavy atom. The van der Waals surface area contributed by atoms with Gasteiger partial charge >= 0.3 is 27.3 Å². The number of hydrogen-bond donors (Lipinski definition) is 2. The topological polar surface area (TPSA) is 118 Å². The number of aliphatic carboxylic acids is 1. The average molecular weight is 354 g/mol. The molecule has 4 aliphatic rings. The van der Waals surface area contributed by atoms with E-state index in [0.29, 0.717) is 19.3 Å². The van der Waals surface area contributed by atoms with Crippen LogP contribution in [-0.2, 0) is 24.4 Å². The molecule has 0 amide bonds. The number of alkyl halides is 2. The molecule has 130 valence electrons. The molecule has 7 nitrogen and oxygen atoms in total. The Balaban J connectivity index is 1.79. The number of carboxylic acid groups (broad SMARTS) is 1. The molecule has 2 N–H and O–H groups in total. The number of carbonyl (C=O) groups excluding carboxylic acids is 1. The zero-order chi connectivity index (χ0) is 17.2. The molecular formula is C13H16F2O7S. The fourth-order valence-electron chi connectivity index (χ4n) is 4.73. The Morgan fingerprint density at radius 2 is 1.65 bits per heavy atom. The lowest BCUT2D eigenvalue weighted by molar-refractivity contribution is -0.201. The zero-order valence-corrected chi connectivity index (χ0v) is 12.8. The van der Waals surface area contributed by atoms with Crippen LogP contribution in [0.1, 0.15) is 32.1 Å². The third kappa shape index (κ3) is 2.42. The molecule has 2 atom stereocenters. The molecule has 4 rings (SSSR count). The second-order valence-corrected chi connectivity index (χ2v) is 8.38. The summed E-state index contributed by atoms with van der Waals surface area (Å²) < 4.78 is 61.1. The molecule has 0 aromatic rings. The highest BCUT2D eigenvalue weighted by atomic mass is 32.2. The molecule has 0 aromatic heterocycles. The van der Waals surface area contributed by atoms with Crippen molar-refractivity contribution in [2.24, 2.45) is 23.2 Å². The number of ether oxygens (including phenoxy) is 1. The summed E-state index contributed by atoms with van der Waals surface area (Å²) in [6.45, 7) is 0. The average Bonchev–Trinajstić information content (AvgIpc) is 2.40. The van der Waals surface area contributed by atoms with Gasteiger partial charge in [-0.1, -0.05) is 0 Å². The fraction of sp³-hybridized carbons (Fsp3) is 0.846. The lowest BCUT2D eigenvalue weighted by atomic mass is 9.48. The van der Waals surface area contributed by atoms with Gasteiger partial charge in [-0.2, -0.15) is 17.2 Å². The van der Waals surface area contributed by atoms with Gasteiger partial charge in [-0.15, -0.1) is 0 Å². The molecule has 4 bridgehead atoms. The van der Waals surface area contributed by atoms with Gasteiger partial charge in [0.2, 0.25) is 0 Å². The molecule has 2 unspecified atom stereocenters. The summed E-state index contributed by atoms with van der Waals surface area (Å²) in [7, 11) is -5.91. The molecule has 10 heteroatoms. The standard InChI is InChI=1S/C13H16F2O7S/c14-13(15,23(19,20)21)11(18)22-9-7-1-6-2-8(9)5-12(3-6,4-7)10(16)17/h6-9H,1-5H2,(H,16,17)(H,19,20,21). The highest BCUT2D eigenvalue weighted by Crippen LogP contribution is 2.61. The second kappa shape index (κ2) is 4.85. The number of carboxylic acids is 1. The minimum Gasteiger partial charge on any atom is -0.481 e. The Morgan fingerprint density at radius 1 is 1.13 bits per heavy atom. The van der Waals surface area contributed by atoms with E-state index in [4.69, 9.17) is 9.29 Å².